The van der Waals surface area contributed by atoms with Crippen LogP contribution in [-0.2, 0) is 66.7 Å². The van der Waals surface area contributed by atoms with E-state index in [1.807, 2.05) is 12.1 Å². The van der Waals surface area contributed by atoms with E-state index in [0.29, 0.717) is 0 Å². The van der Waals surface area contributed by atoms with Crippen LogP contribution in [0.1, 0.15) is 5.56 Å². The predicted molar refractivity (Wildman–Crippen MR) is 71.7 cm³/mol. The quantitative estimate of drug-likeness (QED) is 0.254. The summed E-state index contributed by atoms with van der Waals surface area (Å²) in [5.41, 5.74) is 1.34. The Kier molecular flexibility index (Phi) is 510. The van der Waals surface area contributed by atoms with Gasteiger partial charge in [0, 0.05) is 34.1 Å². The molecule has 1 aromatic carbocycles. The predicted octanol–water partition coefficient (Wildman–Crippen LogP) is 2.44. The first-order valence-corrected chi connectivity index (χ1v) is 10.3. The van der Waals surface area contributed by atoms with E-state index in [1.54, 1.807) is 0 Å². The van der Waals surface area contributed by atoms with Crippen molar-refractivity contribution >= 4 is 37.0 Å². The monoisotopic (exact) mass is 576 g/mol. The topological polar surface area (TPSA) is 139 Å². The van der Waals surface area contributed by atoms with Gasteiger partial charge in [-0.25, -0.2) is 11.6 Å². The van der Waals surface area contributed by atoms with Crippen LogP contribution in [0.25, 0.3) is 0 Å². The summed E-state index contributed by atoms with van der Waals surface area (Å²) in [6.07, 6.45) is 0. The fourth-order valence-electron chi connectivity index (χ4n) is 0.470. The van der Waals surface area contributed by atoms with Gasteiger partial charge in [-0.1, -0.05) is 6.92 Å². The molecule has 3 radical (unpaired) electrons. The van der Waals surface area contributed by atoms with E-state index in [9.17, 15) is 0 Å². The molecule has 0 aliphatic rings. The Morgan fingerprint density at radius 1 is 0.720 bits per heavy atom. The van der Waals surface area contributed by atoms with Crippen LogP contribution >= 0.6 is 17.7 Å². The van der Waals surface area contributed by atoms with E-state index in [4.69, 9.17) is 50.2 Å². The Hall–Kier alpha value is -0.0329. The second-order valence-corrected chi connectivity index (χ2v) is 5.32. The van der Waals surface area contributed by atoms with Crippen LogP contribution in [0.2, 0.25) is 0 Å². The number of hydrogen-bond acceptors (Lipinski definition) is 0. The molecule has 0 aliphatic heterocycles. The summed E-state index contributed by atoms with van der Waals surface area (Å²) in [5.74, 6) is 0. The smallest absolute Gasteiger partial charge is 0 e. The molecule has 0 spiro atoms. The Bertz CT molecular complexity index is 327. The van der Waals surface area contributed by atoms with Crippen LogP contribution in [0.4, 0.5) is 0 Å². The molecule has 0 saturated carbocycles. The van der Waals surface area contributed by atoms with Gasteiger partial charge in [0.05, 0.1) is 0 Å². The van der Waals surface area contributed by atoms with Gasteiger partial charge in [-0.3, -0.25) is 0 Å². The molecule has 135 valence electrons. The van der Waals surface area contributed by atoms with Crippen molar-refractivity contribution in [3.63, 3.8) is 0 Å². The summed E-state index contributed by atoms with van der Waals surface area (Å²) in [6.45, 7) is 33.6. The summed E-state index contributed by atoms with van der Waals surface area (Å²) in [4.78, 5) is 0. The Balaban J connectivity index is -0.0000000133. The summed E-state index contributed by atoms with van der Waals surface area (Å²) in [7, 11) is 9.83. The van der Waals surface area contributed by atoms with Crippen molar-refractivity contribution in [2.24, 2.45) is 0 Å². The van der Waals surface area contributed by atoms with Crippen molar-refractivity contribution in [1.82, 2.24) is 0 Å². The van der Waals surface area contributed by atoms with Crippen LogP contribution in [0.5, 0.6) is 0 Å². The van der Waals surface area contributed by atoms with Gasteiger partial charge in [-0.2, -0.15) is 18.2 Å². The zero-order chi connectivity index (χ0) is 21.1. The van der Waals surface area contributed by atoms with E-state index >= 15 is 0 Å². The fraction of sp³-hybridized carbons (Fsp3) is 0.0769. The molecule has 12 heteroatoms. The van der Waals surface area contributed by atoms with E-state index in [0.717, 1.165) is 0 Å². The average molecular weight is 578 g/mol. The molecule has 0 fully saturated rings. The zero-order valence-corrected chi connectivity index (χ0v) is 18.6. The SMILES string of the molecule is Cc1cc[cH-]c1.[C-]#[O+].[C-]#[O+].[C-]#[O+].[C-]#[O+].[C-]#[O+].[C-]#[O+].[C-]#[O+].[Cl][Sb][Cl].[Mn].[Mn]. The van der Waals surface area contributed by atoms with Crippen LogP contribution < -0.4 is 0 Å². The van der Waals surface area contributed by atoms with Crippen LogP contribution in [-0.4, -0.2) is 19.3 Å². The van der Waals surface area contributed by atoms with Crippen LogP contribution in [0, 0.1) is 53.5 Å². The van der Waals surface area contributed by atoms with Gasteiger partial charge in [0.2, 0.25) is 0 Å². The molecule has 0 amide bonds. The summed E-state index contributed by atoms with van der Waals surface area (Å²) >= 11 is -0.706. The number of rotatable bonds is 0. The largest absolute Gasteiger partial charge is 0 e. The zero-order valence-electron chi connectivity index (χ0n) is 12.1. The van der Waals surface area contributed by atoms with Gasteiger partial charge < -0.3 is 0 Å². The van der Waals surface area contributed by atoms with E-state index < -0.39 is 19.3 Å². The van der Waals surface area contributed by atoms with E-state index in [1.165, 1.54) is 5.56 Å². The number of halogens is 2. The van der Waals surface area contributed by atoms with Crippen molar-refractivity contribution in [3.05, 3.63) is 76.4 Å². The maximum Gasteiger partial charge on any atom is 0 e. The summed E-state index contributed by atoms with van der Waals surface area (Å²) in [6, 6.07) is 8.24. The molecule has 0 heterocycles. The molecule has 1 rings (SSSR count). The second kappa shape index (κ2) is 199. The first kappa shape index (κ1) is 64.0. The van der Waals surface area contributed by atoms with Gasteiger partial charge in [0.1, 0.15) is 0 Å². The molecule has 0 atom stereocenters. The molecule has 0 aliphatic carbocycles. The van der Waals surface area contributed by atoms with Crippen molar-refractivity contribution in [1.29, 1.82) is 0 Å². The van der Waals surface area contributed by atoms with E-state index in [2.05, 4.69) is 65.6 Å². The van der Waals surface area contributed by atoms with Gasteiger partial charge >= 0.3 is 116 Å². The molecule has 25 heavy (non-hydrogen) atoms. The van der Waals surface area contributed by atoms with Crippen LogP contribution in [0.3, 0.4) is 0 Å². The van der Waals surface area contributed by atoms with Gasteiger partial charge in [0.15, 0.2) is 0 Å². The fourth-order valence-corrected chi connectivity index (χ4v) is 0.470. The third-order valence-corrected chi connectivity index (χ3v) is 0.829. The first-order valence-electron chi connectivity index (χ1n) is 3.84. The summed E-state index contributed by atoms with van der Waals surface area (Å²) in [5, 5.41) is 0. The minimum atomic E-state index is -0.706. The molecule has 0 bridgehead atoms. The van der Waals surface area contributed by atoms with Crippen molar-refractivity contribution in [2.75, 3.05) is 0 Å². The average Bonchev–Trinajstić information content (AvgIpc) is 3.18. The van der Waals surface area contributed by atoms with Crippen molar-refractivity contribution in [2.45, 2.75) is 6.92 Å². The van der Waals surface area contributed by atoms with E-state index in [-0.39, 0.29) is 34.1 Å². The molecule has 0 saturated heterocycles. The molecule has 1 aromatic rings. The molecular formula is C13H7Cl2Mn2O7Sb-. The Morgan fingerprint density at radius 2 is 0.920 bits per heavy atom. The minimum absolute atomic E-state index is 0. The third-order valence-electron chi connectivity index (χ3n) is 0.829. The normalized spacial score (nSPS) is 3.40. The number of hydrogen-bond donors (Lipinski definition) is 0. The first-order chi connectivity index (χ1) is 11.3. The minimum Gasteiger partial charge on any atom is 0 e. The Labute approximate surface area is 185 Å². The van der Waals surface area contributed by atoms with Crippen molar-refractivity contribution in [3.8, 4) is 0 Å². The van der Waals surface area contributed by atoms with Crippen LogP contribution in [0.15, 0.2) is 24.3 Å². The maximum absolute atomic E-state index is 7.50. The second-order valence-electron chi connectivity index (χ2n) is 1.53. The molecular weight excluding hydrogens is 571 g/mol. The molecule has 7 nitrogen and oxygen atoms in total. The number of aryl methyl sites for hydroxylation is 1. The molecule has 0 aromatic heterocycles. The van der Waals surface area contributed by atoms with Crippen molar-refractivity contribution < 1.29 is 66.7 Å². The Morgan fingerprint density at radius 3 is 0.960 bits per heavy atom. The van der Waals surface area contributed by atoms with Gasteiger partial charge in [-0.15, -0.1) is 0 Å². The molecule has 0 N–H and O–H groups in total. The van der Waals surface area contributed by atoms with Gasteiger partial charge in [0.25, 0.3) is 0 Å². The molecule has 0 unspecified atom stereocenters. The maximum atomic E-state index is 7.50. The summed E-state index contributed by atoms with van der Waals surface area (Å²) < 4.78 is 52.5. The third kappa shape index (κ3) is 238. The van der Waals surface area contributed by atoms with Gasteiger partial charge in [-0.05, 0) is 0 Å². The standard InChI is InChI=1S/C6H7.7CO.2ClH.2Mn.Sb/c1-6-4-2-3-5-6;7*1-2;;;;;/h2-5H,1H3;;;;;;;;2*1H;;;/q-1;;;;;;;;;;;;+2/p-2.